The number of aryl methyl sites for hydroxylation is 1. The summed E-state index contributed by atoms with van der Waals surface area (Å²) in [5.41, 5.74) is 3.27. The van der Waals surface area contributed by atoms with Gasteiger partial charge in [-0.15, -0.1) is 0 Å². The smallest absolute Gasteiger partial charge is 0.259 e. The van der Waals surface area contributed by atoms with Crippen molar-refractivity contribution < 1.29 is 4.79 Å². The average molecular weight is 419 g/mol. The molecule has 7 nitrogen and oxygen atoms in total. The lowest BCUT2D eigenvalue weighted by Gasteiger charge is -2.25. The van der Waals surface area contributed by atoms with Crippen LogP contribution in [-0.2, 0) is 11.2 Å². The summed E-state index contributed by atoms with van der Waals surface area (Å²) in [5, 5.41) is 18.3. The van der Waals surface area contributed by atoms with E-state index in [0.717, 1.165) is 12.0 Å². The predicted molar refractivity (Wildman–Crippen MR) is 125 cm³/mol. The summed E-state index contributed by atoms with van der Waals surface area (Å²) in [5.74, 6) is 0.202. The van der Waals surface area contributed by atoms with Crippen LogP contribution >= 0.6 is 0 Å². The maximum Gasteiger partial charge on any atom is 0.259 e. The van der Waals surface area contributed by atoms with Crippen LogP contribution in [0.1, 0.15) is 30.5 Å². The van der Waals surface area contributed by atoms with Gasteiger partial charge in [0.1, 0.15) is 5.82 Å². The number of nitrogens with one attached hydrogen (secondary N) is 3. The molecular formula is C24H30N6O. The molecule has 1 unspecified atom stereocenters. The van der Waals surface area contributed by atoms with Gasteiger partial charge in [-0.3, -0.25) is 4.79 Å². The maximum atomic E-state index is 13.2. The molecule has 1 aromatic carbocycles. The second-order valence-corrected chi connectivity index (χ2v) is 6.86. The quantitative estimate of drug-likeness (QED) is 0.401. The Morgan fingerprint density at radius 2 is 2.16 bits per heavy atom. The fourth-order valence-corrected chi connectivity index (χ4v) is 3.30. The number of nitrogens with zero attached hydrogens (tertiary/aromatic N) is 3. The van der Waals surface area contributed by atoms with Crippen molar-refractivity contribution in [2.75, 3.05) is 20.6 Å². The minimum absolute atomic E-state index is 0.252. The zero-order chi connectivity index (χ0) is 22.6. The van der Waals surface area contributed by atoms with Gasteiger partial charge < -0.3 is 20.9 Å². The standard InChI is InChI=1S/C24H30N6O/c1-5-18-11-7-8-12-20(18)22(26-3)21(17-27-14-9-13-25)29-24(31)19(6-2)23-28-15-10-16-30(23)4/h6-8,10-12,15-17,22,26-27H,2,5,9,14H2,1,3-4H3,(H,29,31)/b21-17+,23-19+. The molecule has 3 N–H and O–H groups in total. The number of aliphatic imine (C=N–C) groups is 1. The molecule has 31 heavy (non-hydrogen) atoms. The Kier molecular flexibility index (Phi) is 9.27. The number of likely N-dealkylation sites (N-methyl/N-ethyl adjacent to an activating group) is 1. The van der Waals surface area contributed by atoms with Crippen molar-refractivity contribution in [2.45, 2.75) is 25.8 Å². The molecule has 0 radical (unpaired) electrons. The van der Waals surface area contributed by atoms with E-state index >= 15 is 0 Å². The van der Waals surface area contributed by atoms with Crippen molar-refractivity contribution in [1.29, 1.82) is 5.26 Å². The second-order valence-electron chi connectivity index (χ2n) is 6.86. The Hall–Kier alpha value is -3.63. The number of hydrogen-bond acceptors (Lipinski definition) is 6. The minimum atomic E-state index is -0.313. The van der Waals surface area contributed by atoms with Crippen LogP contribution in [0.15, 0.2) is 77.5 Å². The molecule has 0 spiro atoms. The van der Waals surface area contributed by atoms with Crippen LogP contribution in [0.2, 0.25) is 0 Å². The third-order valence-corrected chi connectivity index (χ3v) is 4.86. The molecule has 0 bridgehead atoms. The van der Waals surface area contributed by atoms with E-state index in [9.17, 15) is 4.79 Å². The van der Waals surface area contributed by atoms with Gasteiger partial charge in [-0.1, -0.05) is 43.8 Å². The van der Waals surface area contributed by atoms with Crippen molar-refractivity contribution >= 4 is 12.1 Å². The van der Waals surface area contributed by atoms with Crippen molar-refractivity contribution in [3.63, 3.8) is 0 Å². The van der Waals surface area contributed by atoms with Crippen LogP contribution in [0.3, 0.4) is 0 Å². The molecule has 0 aromatic heterocycles. The summed E-state index contributed by atoms with van der Waals surface area (Å²) < 4.78 is 0. The lowest BCUT2D eigenvalue weighted by molar-refractivity contribution is -0.116. The third kappa shape index (κ3) is 6.17. The first-order valence-electron chi connectivity index (χ1n) is 10.2. The average Bonchev–Trinajstić information content (AvgIpc) is 2.79. The number of amides is 1. The van der Waals surface area contributed by atoms with Crippen molar-refractivity contribution in [3.05, 3.63) is 83.6 Å². The van der Waals surface area contributed by atoms with Gasteiger partial charge in [0.2, 0.25) is 0 Å². The Morgan fingerprint density at radius 1 is 1.39 bits per heavy atom. The molecule has 162 valence electrons. The fourth-order valence-electron chi connectivity index (χ4n) is 3.30. The second kappa shape index (κ2) is 12.2. The first-order chi connectivity index (χ1) is 15.1. The van der Waals surface area contributed by atoms with Crippen molar-refractivity contribution in [1.82, 2.24) is 20.9 Å². The lowest BCUT2D eigenvalue weighted by atomic mass is 9.96. The number of benzene rings is 1. The van der Waals surface area contributed by atoms with E-state index in [4.69, 9.17) is 5.26 Å². The molecule has 1 aromatic rings. The zero-order valence-corrected chi connectivity index (χ0v) is 18.4. The first-order valence-corrected chi connectivity index (χ1v) is 10.2. The summed E-state index contributed by atoms with van der Waals surface area (Å²) in [7, 11) is 3.68. The summed E-state index contributed by atoms with van der Waals surface area (Å²) in [6, 6.07) is 9.97. The van der Waals surface area contributed by atoms with E-state index in [1.165, 1.54) is 11.6 Å². The highest BCUT2D eigenvalue weighted by molar-refractivity contribution is 5.98. The summed E-state index contributed by atoms with van der Waals surface area (Å²) in [6.45, 7) is 6.39. The fraction of sp³-hybridized carbons (Fsp3) is 0.292. The number of allylic oxidation sites excluding steroid dienone is 1. The monoisotopic (exact) mass is 418 g/mol. The Bertz CT molecular complexity index is 951. The van der Waals surface area contributed by atoms with Gasteiger partial charge in [-0.2, -0.15) is 5.26 Å². The van der Waals surface area contributed by atoms with Gasteiger partial charge >= 0.3 is 0 Å². The first kappa shape index (κ1) is 23.6. The molecule has 2 rings (SSSR count). The highest BCUT2D eigenvalue weighted by atomic mass is 16.1. The molecule has 0 saturated heterocycles. The van der Waals surface area contributed by atoms with Gasteiger partial charge in [0.05, 0.1) is 29.8 Å². The number of rotatable bonds is 10. The van der Waals surface area contributed by atoms with E-state index < -0.39 is 0 Å². The SMILES string of the molecule is C=C/C(C(=O)N/C(=C/NCCC#N)C(NC)c1ccccc1CC)=C1/N=CC=CN1C. The molecule has 0 saturated carbocycles. The molecular weight excluding hydrogens is 388 g/mol. The van der Waals surface area contributed by atoms with Crippen LogP contribution in [-0.4, -0.2) is 37.7 Å². The Balaban J connectivity index is 2.41. The van der Waals surface area contributed by atoms with Crippen LogP contribution in [0.4, 0.5) is 0 Å². The molecule has 1 aliphatic heterocycles. The van der Waals surface area contributed by atoms with Crippen LogP contribution in [0, 0.1) is 11.3 Å². The van der Waals surface area contributed by atoms with E-state index in [0.29, 0.717) is 30.1 Å². The largest absolute Gasteiger partial charge is 0.388 e. The Labute approximate surface area is 184 Å². The van der Waals surface area contributed by atoms with E-state index in [1.54, 1.807) is 23.4 Å². The zero-order valence-electron chi connectivity index (χ0n) is 18.4. The molecule has 0 aliphatic carbocycles. The lowest BCUT2D eigenvalue weighted by Crippen LogP contribution is -2.35. The number of carbonyl (C=O) groups is 1. The number of hydrogen-bond donors (Lipinski definition) is 3. The molecule has 1 atom stereocenters. The van der Waals surface area contributed by atoms with Crippen LogP contribution in [0.25, 0.3) is 0 Å². The highest BCUT2D eigenvalue weighted by Gasteiger charge is 2.22. The number of nitriles is 1. The van der Waals surface area contributed by atoms with Gasteiger partial charge in [-0.25, -0.2) is 4.99 Å². The molecule has 7 heteroatoms. The van der Waals surface area contributed by atoms with E-state index in [1.807, 2.05) is 38.5 Å². The summed E-state index contributed by atoms with van der Waals surface area (Å²) in [6.07, 6.45) is 9.75. The molecule has 0 fully saturated rings. The van der Waals surface area contributed by atoms with E-state index in [2.05, 4.69) is 46.6 Å². The summed E-state index contributed by atoms with van der Waals surface area (Å²) in [4.78, 5) is 19.3. The Morgan fingerprint density at radius 3 is 2.81 bits per heavy atom. The van der Waals surface area contributed by atoms with Gasteiger partial charge in [0.15, 0.2) is 0 Å². The molecule has 1 heterocycles. The van der Waals surface area contributed by atoms with Crippen molar-refractivity contribution in [3.8, 4) is 6.07 Å². The van der Waals surface area contributed by atoms with E-state index in [-0.39, 0.29) is 11.9 Å². The third-order valence-electron chi connectivity index (χ3n) is 4.86. The number of carbonyl (C=O) groups excluding carboxylic acids is 1. The minimum Gasteiger partial charge on any atom is -0.388 e. The topological polar surface area (TPSA) is 92.5 Å². The predicted octanol–water partition coefficient (Wildman–Crippen LogP) is 2.90. The summed E-state index contributed by atoms with van der Waals surface area (Å²) >= 11 is 0. The van der Waals surface area contributed by atoms with Gasteiger partial charge in [-0.05, 0) is 30.7 Å². The van der Waals surface area contributed by atoms with Crippen molar-refractivity contribution in [2.24, 2.45) is 4.99 Å². The normalized spacial score (nSPS) is 15.8. The van der Waals surface area contributed by atoms with Gasteiger partial charge in [0, 0.05) is 32.2 Å². The highest BCUT2D eigenvalue weighted by Crippen LogP contribution is 2.24. The van der Waals surface area contributed by atoms with Crippen LogP contribution in [0.5, 0.6) is 0 Å². The van der Waals surface area contributed by atoms with Gasteiger partial charge in [0.25, 0.3) is 5.91 Å². The van der Waals surface area contributed by atoms with Crippen LogP contribution < -0.4 is 16.0 Å². The molecule has 1 amide bonds. The maximum absolute atomic E-state index is 13.2. The molecule has 1 aliphatic rings.